The molecule has 0 saturated carbocycles. The Morgan fingerprint density at radius 2 is 1.91 bits per heavy atom. The van der Waals surface area contributed by atoms with Gasteiger partial charge in [-0.25, -0.2) is 4.98 Å². The van der Waals surface area contributed by atoms with E-state index in [0.717, 1.165) is 11.3 Å². The number of amides is 1. The molecule has 0 unspecified atom stereocenters. The van der Waals surface area contributed by atoms with E-state index in [4.69, 9.17) is 0 Å². The predicted molar refractivity (Wildman–Crippen MR) is 89.3 cm³/mol. The molecule has 0 fully saturated rings. The molecule has 3 rings (SSSR count). The van der Waals surface area contributed by atoms with Gasteiger partial charge in [0.1, 0.15) is 5.69 Å². The summed E-state index contributed by atoms with van der Waals surface area (Å²) in [5.41, 5.74) is 3.14. The second-order valence-corrected chi connectivity index (χ2v) is 5.43. The van der Waals surface area contributed by atoms with Crippen molar-refractivity contribution in [1.82, 2.24) is 14.6 Å². The highest BCUT2D eigenvalue weighted by atomic mass is 16.1. The van der Waals surface area contributed by atoms with Crippen LogP contribution in [0.25, 0.3) is 5.65 Å². The minimum atomic E-state index is -0.241. The number of anilines is 3. The monoisotopic (exact) mass is 311 g/mol. The van der Waals surface area contributed by atoms with Crippen LogP contribution in [0.2, 0.25) is 0 Å². The van der Waals surface area contributed by atoms with Gasteiger partial charge in [-0.05, 0) is 26.0 Å². The zero-order chi connectivity index (χ0) is 16.6. The van der Waals surface area contributed by atoms with Gasteiger partial charge in [0.05, 0.1) is 0 Å². The number of aryl methyl sites for hydroxylation is 2. The maximum Gasteiger partial charge on any atom is 0.273 e. The molecule has 0 saturated heterocycles. The summed E-state index contributed by atoms with van der Waals surface area (Å²) in [6.45, 7) is 5.15. The van der Waals surface area contributed by atoms with Crippen molar-refractivity contribution in [3.63, 3.8) is 0 Å². The smallest absolute Gasteiger partial charge is 0.273 e. The number of benzene rings is 1. The first-order chi connectivity index (χ1) is 10.9. The molecule has 0 radical (unpaired) electrons. The van der Waals surface area contributed by atoms with Gasteiger partial charge in [0, 0.05) is 24.4 Å². The Labute approximate surface area is 132 Å². The molecular formula is C16H17N5O2. The second-order valence-electron chi connectivity index (χ2n) is 5.43. The Morgan fingerprint density at radius 3 is 2.57 bits per heavy atom. The molecule has 23 heavy (non-hydrogen) atoms. The van der Waals surface area contributed by atoms with E-state index in [9.17, 15) is 9.59 Å². The molecule has 2 heterocycles. The molecule has 3 aromatic rings. The number of nitrogens with zero attached hydrogens (tertiary/aromatic N) is 2. The molecule has 0 atom stereocenters. The fourth-order valence-corrected chi connectivity index (χ4v) is 2.32. The molecule has 0 bridgehead atoms. The van der Waals surface area contributed by atoms with E-state index in [0.29, 0.717) is 22.8 Å². The number of carbonyl (C=O) groups is 1. The van der Waals surface area contributed by atoms with Crippen LogP contribution in [-0.4, -0.2) is 20.5 Å². The number of aromatic amines is 1. The van der Waals surface area contributed by atoms with Crippen LogP contribution in [0.1, 0.15) is 18.2 Å². The van der Waals surface area contributed by atoms with Crippen LogP contribution < -0.4 is 16.2 Å². The average Bonchev–Trinajstić information content (AvgIpc) is 2.79. The molecule has 0 spiro atoms. The molecule has 3 N–H and O–H groups in total. The lowest BCUT2D eigenvalue weighted by Crippen LogP contribution is -2.15. The van der Waals surface area contributed by atoms with Crippen LogP contribution in [0.5, 0.6) is 0 Å². The van der Waals surface area contributed by atoms with Gasteiger partial charge in [0.2, 0.25) is 5.91 Å². The Balaban J connectivity index is 2.14. The molecular weight excluding hydrogens is 294 g/mol. The van der Waals surface area contributed by atoms with Crippen molar-refractivity contribution in [2.45, 2.75) is 20.8 Å². The quantitative estimate of drug-likeness (QED) is 0.692. The molecule has 0 aliphatic carbocycles. The third kappa shape index (κ3) is 2.94. The molecule has 7 heteroatoms. The molecule has 1 amide bonds. The van der Waals surface area contributed by atoms with Gasteiger partial charge in [0.25, 0.3) is 5.56 Å². The summed E-state index contributed by atoms with van der Waals surface area (Å²) in [5, 5.41) is 8.84. The van der Waals surface area contributed by atoms with Crippen molar-refractivity contribution in [3.8, 4) is 0 Å². The number of nitrogens with one attached hydrogen (secondary N) is 3. The van der Waals surface area contributed by atoms with Gasteiger partial charge < -0.3 is 10.6 Å². The van der Waals surface area contributed by atoms with Crippen LogP contribution in [0.3, 0.4) is 0 Å². The lowest BCUT2D eigenvalue weighted by Gasteiger charge is -2.07. The molecule has 0 aliphatic rings. The van der Waals surface area contributed by atoms with Crippen molar-refractivity contribution >= 4 is 28.7 Å². The highest BCUT2D eigenvalue weighted by Gasteiger charge is 2.16. The van der Waals surface area contributed by atoms with Crippen molar-refractivity contribution in [1.29, 1.82) is 0 Å². The summed E-state index contributed by atoms with van der Waals surface area (Å²) in [6, 6.07) is 9.20. The summed E-state index contributed by atoms with van der Waals surface area (Å²) in [7, 11) is 0. The standard InChI is InChI=1S/C16H17N5O2/c1-9-4-6-12(7-5-9)19-15-14(18-11(3)22)16-17-10(2)8-13(23)21(16)20-15/h4-8,19-20H,1-3H3,(H,18,22). The summed E-state index contributed by atoms with van der Waals surface area (Å²) >= 11 is 0. The van der Waals surface area contributed by atoms with E-state index in [1.807, 2.05) is 31.2 Å². The van der Waals surface area contributed by atoms with Crippen molar-refractivity contribution in [3.05, 3.63) is 51.9 Å². The summed E-state index contributed by atoms with van der Waals surface area (Å²) in [4.78, 5) is 27.9. The van der Waals surface area contributed by atoms with E-state index in [1.165, 1.54) is 17.5 Å². The third-order valence-corrected chi connectivity index (χ3v) is 3.37. The van der Waals surface area contributed by atoms with Crippen molar-refractivity contribution < 1.29 is 4.79 Å². The Bertz CT molecular complexity index is 937. The number of rotatable bonds is 3. The van der Waals surface area contributed by atoms with E-state index in [-0.39, 0.29) is 11.5 Å². The zero-order valence-corrected chi connectivity index (χ0v) is 13.1. The number of aromatic nitrogens is 3. The van der Waals surface area contributed by atoms with Crippen LogP contribution in [0.4, 0.5) is 17.2 Å². The van der Waals surface area contributed by atoms with Crippen molar-refractivity contribution in [2.75, 3.05) is 10.6 Å². The Morgan fingerprint density at radius 1 is 1.22 bits per heavy atom. The van der Waals surface area contributed by atoms with Gasteiger partial charge >= 0.3 is 0 Å². The first-order valence-electron chi connectivity index (χ1n) is 7.17. The number of hydrogen-bond donors (Lipinski definition) is 3. The van der Waals surface area contributed by atoms with E-state index >= 15 is 0 Å². The van der Waals surface area contributed by atoms with Gasteiger partial charge in [-0.3, -0.25) is 14.7 Å². The van der Waals surface area contributed by atoms with Crippen LogP contribution in [0, 0.1) is 13.8 Å². The maximum atomic E-state index is 12.1. The topological polar surface area (TPSA) is 91.3 Å². The number of hydrogen-bond acceptors (Lipinski definition) is 4. The largest absolute Gasteiger partial charge is 0.339 e. The highest BCUT2D eigenvalue weighted by molar-refractivity contribution is 5.97. The van der Waals surface area contributed by atoms with Gasteiger partial charge in [-0.1, -0.05) is 17.7 Å². The van der Waals surface area contributed by atoms with Crippen LogP contribution >= 0.6 is 0 Å². The Hall–Kier alpha value is -3.09. The van der Waals surface area contributed by atoms with Crippen LogP contribution in [0.15, 0.2) is 35.1 Å². The predicted octanol–water partition coefficient (Wildman–Crippen LogP) is 2.34. The summed E-state index contributed by atoms with van der Waals surface area (Å²) < 4.78 is 1.30. The molecule has 0 aliphatic heterocycles. The fraction of sp³-hybridized carbons (Fsp3) is 0.188. The van der Waals surface area contributed by atoms with Gasteiger partial charge in [0.15, 0.2) is 11.5 Å². The van der Waals surface area contributed by atoms with Crippen molar-refractivity contribution in [2.24, 2.45) is 0 Å². The number of carbonyl (C=O) groups excluding carboxylic acids is 1. The average molecular weight is 311 g/mol. The summed E-state index contributed by atoms with van der Waals surface area (Å²) in [6.07, 6.45) is 0. The lowest BCUT2D eigenvalue weighted by molar-refractivity contribution is -0.114. The first-order valence-corrected chi connectivity index (χ1v) is 7.17. The second kappa shape index (κ2) is 5.60. The molecule has 118 valence electrons. The normalized spacial score (nSPS) is 10.7. The third-order valence-electron chi connectivity index (χ3n) is 3.37. The number of fused-ring (bicyclic) bond motifs is 1. The van der Waals surface area contributed by atoms with Gasteiger partial charge in [-0.2, -0.15) is 4.52 Å². The number of H-pyrrole nitrogens is 1. The van der Waals surface area contributed by atoms with E-state index < -0.39 is 0 Å². The van der Waals surface area contributed by atoms with Gasteiger partial charge in [-0.15, -0.1) is 0 Å². The zero-order valence-electron chi connectivity index (χ0n) is 13.1. The van der Waals surface area contributed by atoms with E-state index in [2.05, 4.69) is 20.7 Å². The molecule has 1 aromatic carbocycles. The SMILES string of the molecule is CC(=O)Nc1c(Nc2ccc(C)cc2)[nH]n2c(=O)cc(C)nc12. The minimum absolute atomic E-state index is 0.240. The summed E-state index contributed by atoms with van der Waals surface area (Å²) in [5.74, 6) is 0.258. The molecule has 7 nitrogen and oxygen atoms in total. The highest BCUT2D eigenvalue weighted by Crippen LogP contribution is 2.27. The lowest BCUT2D eigenvalue weighted by atomic mass is 10.2. The van der Waals surface area contributed by atoms with E-state index in [1.54, 1.807) is 6.92 Å². The molecule has 2 aromatic heterocycles. The maximum absolute atomic E-state index is 12.1. The van der Waals surface area contributed by atoms with Crippen LogP contribution in [-0.2, 0) is 4.79 Å². The fourth-order valence-electron chi connectivity index (χ4n) is 2.32. The first kappa shape index (κ1) is 14.8. The Kier molecular flexibility index (Phi) is 3.61. The minimum Gasteiger partial charge on any atom is -0.339 e.